The Labute approximate surface area is 166 Å². The Morgan fingerprint density at radius 3 is 2.04 bits per heavy atom. The summed E-state index contributed by atoms with van der Waals surface area (Å²) >= 11 is 0. The molecule has 146 valence electrons. The molecule has 0 aliphatic carbocycles. The average molecular weight is 397 g/mol. The van der Waals surface area contributed by atoms with Gasteiger partial charge in [0, 0.05) is 17.1 Å². The predicted molar refractivity (Wildman–Crippen MR) is 115 cm³/mol. The molecule has 5 nitrogen and oxygen atoms in total. The highest BCUT2D eigenvalue weighted by molar-refractivity contribution is 7.92. The van der Waals surface area contributed by atoms with E-state index in [-0.39, 0.29) is 12.4 Å². The zero-order valence-electron chi connectivity index (χ0n) is 15.8. The molecule has 0 aliphatic rings. The van der Waals surface area contributed by atoms with Gasteiger partial charge in [0.05, 0.1) is 0 Å². The molecule has 2 N–H and O–H groups in total. The number of hydrogen-bond acceptors (Lipinski definition) is 4. The van der Waals surface area contributed by atoms with Crippen molar-refractivity contribution in [2.75, 3.05) is 22.4 Å². The van der Waals surface area contributed by atoms with Gasteiger partial charge in [0.1, 0.15) is 18.1 Å². The van der Waals surface area contributed by atoms with Crippen molar-refractivity contribution in [1.29, 1.82) is 0 Å². The summed E-state index contributed by atoms with van der Waals surface area (Å²) < 4.78 is 32.6. The molecule has 0 bridgehead atoms. The Kier molecular flexibility index (Phi) is 6.55. The van der Waals surface area contributed by atoms with E-state index >= 15 is 0 Å². The van der Waals surface area contributed by atoms with Gasteiger partial charge in [0.2, 0.25) is 10.0 Å². The molecular formula is C22H24N2O3S. The molecule has 6 heteroatoms. The maximum absolute atomic E-state index is 12.3. The molecule has 0 radical (unpaired) electrons. The monoisotopic (exact) mass is 396 g/mol. The van der Waals surface area contributed by atoms with Crippen molar-refractivity contribution in [2.45, 2.75) is 13.3 Å². The zero-order valence-corrected chi connectivity index (χ0v) is 16.6. The molecule has 0 spiro atoms. The Morgan fingerprint density at radius 1 is 0.786 bits per heavy atom. The van der Waals surface area contributed by atoms with Crippen LogP contribution in [0.4, 0.5) is 17.1 Å². The van der Waals surface area contributed by atoms with Gasteiger partial charge in [-0.2, -0.15) is 0 Å². The van der Waals surface area contributed by atoms with Gasteiger partial charge in [-0.3, -0.25) is 4.72 Å². The SMILES string of the molecule is CCc1ccc(OCCS(=O)(=O)Nc2ccc(Nc3ccccc3)cc2)cc1. The normalized spacial score (nSPS) is 11.0. The number of rotatable bonds is 9. The van der Waals surface area contributed by atoms with E-state index in [9.17, 15) is 8.42 Å². The Bertz CT molecular complexity index is 971. The van der Waals surface area contributed by atoms with Crippen molar-refractivity contribution in [3.8, 4) is 5.75 Å². The zero-order chi connectivity index (χ0) is 19.8. The third-order valence-electron chi connectivity index (χ3n) is 4.17. The van der Waals surface area contributed by atoms with E-state index in [2.05, 4.69) is 17.0 Å². The van der Waals surface area contributed by atoms with E-state index in [0.29, 0.717) is 11.4 Å². The molecule has 0 saturated heterocycles. The van der Waals surface area contributed by atoms with Crippen LogP contribution in [0.25, 0.3) is 0 Å². The van der Waals surface area contributed by atoms with Gasteiger partial charge < -0.3 is 10.1 Å². The summed E-state index contributed by atoms with van der Waals surface area (Å²) in [5, 5.41) is 3.26. The molecule has 3 aromatic rings. The Balaban J connectivity index is 1.50. The fraction of sp³-hybridized carbons (Fsp3) is 0.182. The number of benzene rings is 3. The summed E-state index contributed by atoms with van der Waals surface area (Å²) in [6, 6.07) is 24.6. The van der Waals surface area contributed by atoms with Gasteiger partial charge in [-0.1, -0.05) is 37.3 Å². The first-order chi connectivity index (χ1) is 13.5. The van der Waals surface area contributed by atoms with E-state index in [1.54, 1.807) is 12.1 Å². The average Bonchev–Trinajstić information content (AvgIpc) is 2.70. The largest absolute Gasteiger partial charge is 0.492 e. The third kappa shape index (κ3) is 6.03. The summed E-state index contributed by atoms with van der Waals surface area (Å²) in [6.45, 7) is 2.17. The molecule has 0 aromatic heterocycles. The molecule has 0 saturated carbocycles. The van der Waals surface area contributed by atoms with E-state index < -0.39 is 10.0 Å². The molecular weight excluding hydrogens is 372 g/mol. The summed E-state index contributed by atoms with van der Waals surface area (Å²) in [6.07, 6.45) is 0.957. The summed E-state index contributed by atoms with van der Waals surface area (Å²) in [5.74, 6) is 0.552. The molecule has 28 heavy (non-hydrogen) atoms. The molecule has 0 heterocycles. The van der Waals surface area contributed by atoms with Crippen molar-refractivity contribution in [3.63, 3.8) is 0 Å². The molecule has 0 atom stereocenters. The molecule has 3 rings (SSSR count). The van der Waals surface area contributed by atoms with Gasteiger partial charge in [-0.15, -0.1) is 0 Å². The van der Waals surface area contributed by atoms with Crippen LogP contribution in [0.15, 0.2) is 78.9 Å². The molecule has 0 amide bonds. The number of sulfonamides is 1. The van der Waals surface area contributed by atoms with Crippen molar-refractivity contribution in [1.82, 2.24) is 0 Å². The number of nitrogens with one attached hydrogen (secondary N) is 2. The minimum atomic E-state index is -3.48. The highest BCUT2D eigenvalue weighted by Gasteiger charge is 2.11. The predicted octanol–water partition coefficient (Wildman–Crippen LogP) is 4.81. The van der Waals surface area contributed by atoms with Crippen LogP contribution in [0, 0.1) is 0 Å². The fourth-order valence-electron chi connectivity index (χ4n) is 2.63. The first-order valence-electron chi connectivity index (χ1n) is 9.18. The van der Waals surface area contributed by atoms with Gasteiger partial charge in [0.15, 0.2) is 0 Å². The van der Waals surface area contributed by atoms with Gasteiger partial charge in [0.25, 0.3) is 0 Å². The van der Waals surface area contributed by atoms with Gasteiger partial charge in [-0.05, 0) is 60.5 Å². The summed E-state index contributed by atoms with van der Waals surface area (Å²) in [4.78, 5) is 0. The number of hydrogen-bond donors (Lipinski definition) is 2. The fourth-order valence-corrected chi connectivity index (χ4v) is 3.53. The standard InChI is InChI=1S/C22H24N2O3S/c1-2-18-8-14-22(15-9-18)27-16-17-28(25,26)24-21-12-10-20(11-13-21)23-19-6-4-3-5-7-19/h3-15,23-24H,2,16-17H2,1H3. The highest BCUT2D eigenvalue weighted by atomic mass is 32.2. The van der Waals surface area contributed by atoms with Crippen LogP contribution < -0.4 is 14.8 Å². The van der Waals surface area contributed by atoms with Crippen LogP contribution in [0.3, 0.4) is 0 Å². The van der Waals surface area contributed by atoms with Crippen LogP contribution in [0.1, 0.15) is 12.5 Å². The van der Waals surface area contributed by atoms with E-state index in [1.165, 1.54) is 5.56 Å². The summed E-state index contributed by atoms with van der Waals surface area (Å²) in [7, 11) is -3.48. The minimum Gasteiger partial charge on any atom is -0.492 e. The first-order valence-corrected chi connectivity index (χ1v) is 10.8. The van der Waals surface area contributed by atoms with Crippen LogP contribution in [0.2, 0.25) is 0 Å². The smallest absolute Gasteiger partial charge is 0.236 e. The quantitative estimate of drug-likeness (QED) is 0.544. The van der Waals surface area contributed by atoms with Crippen LogP contribution in [0.5, 0.6) is 5.75 Å². The van der Waals surface area contributed by atoms with Crippen LogP contribution in [-0.4, -0.2) is 20.8 Å². The molecule has 0 unspecified atom stereocenters. The molecule has 0 aliphatic heterocycles. The van der Waals surface area contributed by atoms with Crippen molar-refractivity contribution < 1.29 is 13.2 Å². The maximum atomic E-state index is 12.3. The van der Waals surface area contributed by atoms with Crippen molar-refractivity contribution in [2.24, 2.45) is 0 Å². The van der Waals surface area contributed by atoms with E-state index in [1.807, 2.05) is 66.7 Å². The number of aryl methyl sites for hydroxylation is 1. The summed E-state index contributed by atoms with van der Waals surface area (Å²) in [5.41, 5.74) is 3.59. The van der Waals surface area contributed by atoms with Crippen LogP contribution in [-0.2, 0) is 16.4 Å². The lowest BCUT2D eigenvalue weighted by molar-refractivity contribution is 0.341. The first kappa shape index (κ1) is 19.8. The molecule has 3 aromatic carbocycles. The van der Waals surface area contributed by atoms with Crippen LogP contribution >= 0.6 is 0 Å². The second kappa shape index (κ2) is 9.28. The highest BCUT2D eigenvalue weighted by Crippen LogP contribution is 2.19. The maximum Gasteiger partial charge on any atom is 0.236 e. The second-order valence-electron chi connectivity index (χ2n) is 6.34. The number of ether oxygens (including phenoxy) is 1. The van der Waals surface area contributed by atoms with E-state index in [0.717, 1.165) is 17.8 Å². The lowest BCUT2D eigenvalue weighted by Crippen LogP contribution is -2.21. The topological polar surface area (TPSA) is 67.4 Å². The number of anilines is 3. The minimum absolute atomic E-state index is 0.0917. The van der Waals surface area contributed by atoms with Crippen molar-refractivity contribution >= 4 is 27.1 Å². The Hall–Kier alpha value is -2.99. The van der Waals surface area contributed by atoms with Crippen molar-refractivity contribution in [3.05, 3.63) is 84.4 Å². The second-order valence-corrected chi connectivity index (χ2v) is 8.18. The third-order valence-corrected chi connectivity index (χ3v) is 5.42. The Morgan fingerprint density at radius 2 is 1.39 bits per heavy atom. The van der Waals surface area contributed by atoms with Gasteiger partial charge in [-0.25, -0.2) is 8.42 Å². The van der Waals surface area contributed by atoms with E-state index in [4.69, 9.17) is 4.74 Å². The number of para-hydroxylation sites is 1. The molecule has 0 fully saturated rings. The van der Waals surface area contributed by atoms with Gasteiger partial charge >= 0.3 is 0 Å². The lowest BCUT2D eigenvalue weighted by Gasteiger charge is -2.11. The lowest BCUT2D eigenvalue weighted by atomic mass is 10.2.